The molecule has 1 amide bonds. The van der Waals surface area contributed by atoms with Gasteiger partial charge in [-0.25, -0.2) is 14.4 Å². The number of ether oxygens (including phenoxy) is 2. The molecule has 0 spiro atoms. The molecule has 0 saturated carbocycles. The van der Waals surface area contributed by atoms with Crippen molar-refractivity contribution in [2.75, 3.05) is 12.4 Å². The third-order valence-corrected chi connectivity index (χ3v) is 4.11. The van der Waals surface area contributed by atoms with Gasteiger partial charge in [0.25, 0.3) is 0 Å². The molecule has 1 aromatic heterocycles. The molecule has 8 nitrogen and oxygen atoms in total. The topological polar surface area (TPSA) is 115 Å². The number of carboxylic acid groups (broad SMARTS) is 1. The van der Waals surface area contributed by atoms with E-state index in [2.05, 4.69) is 5.32 Å². The predicted molar refractivity (Wildman–Crippen MR) is 101 cm³/mol. The summed E-state index contributed by atoms with van der Waals surface area (Å²) < 4.78 is 15.4. The van der Waals surface area contributed by atoms with Crippen LogP contribution < -0.4 is 15.7 Å². The third-order valence-electron chi connectivity index (χ3n) is 4.11. The van der Waals surface area contributed by atoms with Gasteiger partial charge in [-0.3, -0.25) is 5.32 Å². The highest BCUT2D eigenvalue weighted by Crippen LogP contribution is 2.31. The van der Waals surface area contributed by atoms with Crippen LogP contribution in [-0.4, -0.2) is 24.3 Å². The van der Waals surface area contributed by atoms with E-state index in [-0.39, 0.29) is 34.8 Å². The van der Waals surface area contributed by atoms with E-state index in [4.69, 9.17) is 13.9 Å². The van der Waals surface area contributed by atoms with Crippen LogP contribution in [0.2, 0.25) is 0 Å². The second kappa shape index (κ2) is 7.83. The third kappa shape index (κ3) is 3.80. The Labute approximate surface area is 159 Å². The van der Waals surface area contributed by atoms with Crippen molar-refractivity contribution in [1.29, 1.82) is 0 Å². The van der Waals surface area contributed by atoms with Gasteiger partial charge >= 0.3 is 17.7 Å². The maximum Gasteiger partial charge on any atom is 0.412 e. The van der Waals surface area contributed by atoms with Crippen molar-refractivity contribution < 1.29 is 28.6 Å². The molecule has 0 aliphatic heterocycles. The SMILES string of the molecule is COc1cc2cc(NC(=O)OCc3ccccc3)c(=O)oc2c(C)c1C(=O)O. The fourth-order valence-corrected chi connectivity index (χ4v) is 2.78. The Morgan fingerprint density at radius 1 is 1.18 bits per heavy atom. The summed E-state index contributed by atoms with van der Waals surface area (Å²) in [6, 6.07) is 11.9. The summed E-state index contributed by atoms with van der Waals surface area (Å²) in [6.45, 7) is 1.55. The van der Waals surface area contributed by atoms with Crippen LogP contribution in [0.3, 0.4) is 0 Å². The molecule has 28 heavy (non-hydrogen) atoms. The monoisotopic (exact) mass is 383 g/mol. The molecule has 144 valence electrons. The molecule has 0 fully saturated rings. The predicted octanol–water partition coefficient (Wildman–Crippen LogP) is 3.56. The molecule has 0 saturated heterocycles. The standard InChI is InChI=1S/C20H17NO7/c1-11-16(18(22)23)15(26-2)9-13-8-14(19(24)28-17(11)13)21-20(25)27-10-12-6-4-3-5-7-12/h3-9H,10H2,1-2H3,(H,21,25)(H,22,23). The van der Waals surface area contributed by atoms with E-state index in [1.807, 2.05) is 18.2 Å². The molecule has 3 rings (SSSR count). The second-order valence-corrected chi connectivity index (χ2v) is 5.94. The van der Waals surface area contributed by atoms with E-state index < -0.39 is 17.7 Å². The summed E-state index contributed by atoms with van der Waals surface area (Å²) >= 11 is 0. The zero-order valence-electron chi connectivity index (χ0n) is 15.1. The Balaban J connectivity index is 1.89. The normalized spacial score (nSPS) is 10.5. The lowest BCUT2D eigenvalue weighted by Crippen LogP contribution is -2.19. The Morgan fingerprint density at radius 2 is 1.89 bits per heavy atom. The van der Waals surface area contributed by atoms with Gasteiger partial charge in [0, 0.05) is 10.9 Å². The number of fused-ring (bicyclic) bond motifs is 1. The number of benzene rings is 2. The first-order chi connectivity index (χ1) is 13.4. The lowest BCUT2D eigenvalue weighted by atomic mass is 10.0. The van der Waals surface area contributed by atoms with Crippen LogP contribution >= 0.6 is 0 Å². The molecular weight excluding hydrogens is 366 g/mol. The number of rotatable bonds is 5. The summed E-state index contributed by atoms with van der Waals surface area (Å²) in [4.78, 5) is 35.7. The fraction of sp³-hybridized carbons (Fsp3) is 0.150. The summed E-state index contributed by atoms with van der Waals surface area (Å²) in [5.74, 6) is -1.09. The number of hydrogen-bond donors (Lipinski definition) is 2. The van der Waals surface area contributed by atoms with Crippen LogP contribution in [0, 0.1) is 6.92 Å². The van der Waals surface area contributed by atoms with Gasteiger partial charge in [0.2, 0.25) is 0 Å². The largest absolute Gasteiger partial charge is 0.496 e. The second-order valence-electron chi connectivity index (χ2n) is 5.94. The average molecular weight is 383 g/mol. The van der Waals surface area contributed by atoms with Crippen molar-refractivity contribution in [3.05, 3.63) is 69.6 Å². The molecule has 0 radical (unpaired) electrons. The van der Waals surface area contributed by atoms with Gasteiger partial charge in [-0.15, -0.1) is 0 Å². The van der Waals surface area contributed by atoms with E-state index in [0.717, 1.165) is 5.56 Å². The van der Waals surface area contributed by atoms with Crippen molar-refractivity contribution in [3.63, 3.8) is 0 Å². The van der Waals surface area contributed by atoms with Crippen LogP contribution in [0.4, 0.5) is 10.5 Å². The number of methoxy groups -OCH3 is 1. The molecule has 2 N–H and O–H groups in total. The molecule has 2 aromatic carbocycles. The molecule has 0 unspecified atom stereocenters. The number of aromatic carboxylic acids is 1. The van der Waals surface area contributed by atoms with Gasteiger partial charge in [-0.1, -0.05) is 30.3 Å². The van der Waals surface area contributed by atoms with Crippen molar-refractivity contribution in [2.24, 2.45) is 0 Å². The zero-order valence-corrected chi connectivity index (χ0v) is 15.1. The number of hydrogen-bond acceptors (Lipinski definition) is 6. The van der Waals surface area contributed by atoms with E-state index >= 15 is 0 Å². The van der Waals surface area contributed by atoms with Crippen molar-refractivity contribution in [3.8, 4) is 5.75 Å². The first kappa shape index (κ1) is 19.0. The molecule has 8 heteroatoms. The minimum absolute atomic E-state index is 0.0422. The van der Waals surface area contributed by atoms with Crippen molar-refractivity contribution in [1.82, 2.24) is 0 Å². The zero-order chi connectivity index (χ0) is 20.3. The Bertz CT molecular complexity index is 1100. The number of carbonyl (C=O) groups excluding carboxylic acids is 1. The number of anilines is 1. The van der Waals surface area contributed by atoms with E-state index in [1.165, 1.54) is 26.2 Å². The molecule has 0 atom stereocenters. The molecule has 1 heterocycles. The quantitative estimate of drug-likeness (QED) is 0.647. The average Bonchev–Trinajstić information content (AvgIpc) is 2.68. The van der Waals surface area contributed by atoms with E-state index in [1.54, 1.807) is 12.1 Å². The summed E-state index contributed by atoms with van der Waals surface area (Å²) in [5, 5.41) is 12.1. The first-order valence-corrected chi connectivity index (χ1v) is 8.27. The minimum Gasteiger partial charge on any atom is -0.496 e. The van der Waals surface area contributed by atoms with Crippen molar-refractivity contribution in [2.45, 2.75) is 13.5 Å². The van der Waals surface area contributed by atoms with Gasteiger partial charge in [0.1, 0.15) is 29.2 Å². The number of carboxylic acids is 1. The van der Waals surface area contributed by atoms with Crippen molar-refractivity contribution >= 4 is 28.7 Å². The lowest BCUT2D eigenvalue weighted by molar-refractivity contribution is 0.0692. The number of aryl methyl sites for hydroxylation is 1. The van der Waals surface area contributed by atoms with E-state index in [9.17, 15) is 19.5 Å². The molecule has 0 aliphatic carbocycles. The van der Waals surface area contributed by atoms with Crippen LogP contribution in [0.5, 0.6) is 5.75 Å². The summed E-state index contributed by atoms with van der Waals surface area (Å²) in [5.41, 5.74) is 0.0956. The molecule has 0 bridgehead atoms. The maximum atomic E-state index is 12.2. The maximum absolute atomic E-state index is 12.2. The minimum atomic E-state index is -1.20. The summed E-state index contributed by atoms with van der Waals surface area (Å²) in [6.07, 6.45) is -0.818. The molecule has 0 aliphatic rings. The number of carbonyl (C=O) groups is 2. The Morgan fingerprint density at radius 3 is 2.54 bits per heavy atom. The van der Waals surface area contributed by atoms with Crippen LogP contribution in [0.15, 0.2) is 51.7 Å². The number of nitrogens with one attached hydrogen (secondary N) is 1. The van der Waals surface area contributed by atoms with Crippen LogP contribution in [0.25, 0.3) is 11.0 Å². The van der Waals surface area contributed by atoms with Gasteiger partial charge in [0.05, 0.1) is 7.11 Å². The molecular formula is C20H17NO7. The van der Waals surface area contributed by atoms with E-state index in [0.29, 0.717) is 5.39 Å². The van der Waals surface area contributed by atoms with Gasteiger partial charge in [-0.2, -0.15) is 0 Å². The number of amides is 1. The first-order valence-electron chi connectivity index (χ1n) is 8.27. The highest BCUT2D eigenvalue weighted by molar-refractivity contribution is 6.00. The summed E-state index contributed by atoms with van der Waals surface area (Å²) in [7, 11) is 1.34. The Kier molecular flexibility index (Phi) is 5.30. The van der Waals surface area contributed by atoms with Crippen LogP contribution in [-0.2, 0) is 11.3 Å². The molecule has 3 aromatic rings. The lowest BCUT2D eigenvalue weighted by Gasteiger charge is -2.11. The Hall–Kier alpha value is -3.81. The van der Waals surface area contributed by atoms with Crippen LogP contribution in [0.1, 0.15) is 21.5 Å². The van der Waals surface area contributed by atoms with Gasteiger partial charge in [0.15, 0.2) is 0 Å². The van der Waals surface area contributed by atoms with Gasteiger partial charge in [-0.05, 0) is 24.6 Å². The highest BCUT2D eigenvalue weighted by atomic mass is 16.5. The fourth-order valence-electron chi connectivity index (χ4n) is 2.78. The smallest absolute Gasteiger partial charge is 0.412 e. The highest BCUT2D eigenvalue weighted by Gasteiger charge is 2.20. The van der Waals surface area contributed by atoms with Gasteiger partial charge < -0.3 is 19.0 Å².